The van der Waals surface area contributed by atoms with Crippen molar-refractivity contribution in [3.8, 4) is 0 Å². The predicted molar refractivity (Wildman–Crippen MR) is 112 cm³/mol. The van der Waals surface area contributed by atoms with E-state index < -0.39 is 9.84 Å². The van der Waals surface area contributed by atoms with Gasteiger partial charge in [0.05, 0.1) is 11.5 Å². The van der Waals surface area contributed by atoms with Crippen molar-refractivity contribution < 1.29 is 8.42 Å². The number of nitrogens with zero attached hydrogens (tertiary/aromatic N) is 2. The molecule has 0 aromatic rings. The molecule has 2 saturated heterocycles. The summed E-state index contributed by atoms with van der Waals surface area (Å²) in [6, 6.07) is 0. The highest BCUT2D eigenvalue weighted by Crippen LogP contribution is 2.22. The summed E-state index contributed by atoms with van der Waals surface area (Å²) in [5.41, 5.74) is 0. The van der Waals surface area contributed by atoms with Crippen LogP contribution in [0.5, 0.6) is 0 Å². The van der Waals surface area contributed by atoms with Crippen molar-refractivity contribution in [1.82, 2.24) is 10.2 Å². The third-order valence-corrected chi connectivity index (χ3v) is 6.49. The SMILES string of the molecule is CC(C)CN=C(NCC1CCS(=O)(=O)C1)N1CC(C)CC(C)C1.I. The number of hydrogen-bond donors (Lipinski definition) is 1. The van der Waals surface area contributed by atoms with E-state index >= 15 is 0 Å². The number of sulfone groups is 1. The number of guanidine groups is 1. The summed E-state index contributed by atoms with van der Waals surface area (Å²) in [4.78, 5) is 7.16. The van der Waals surface area contributed by atoms with Crippen molar-refractivity contribution in [2.45, 2.75) is 40.5 Å². The summed E-state index contributed by atoms with van der Waals surface area (Å²) in [6.07, 6.45) is 2.05. The van der Waals surface area contributed by atoms with Crippen molar-refractivity contribution >= 4 is 39.8 Å². The molecule has 1 N–H and O–H groups in total. The molecule has 0 saturated carbocycles. The van der Waals surface area contributed by atoms with Crippen LogP contribution in [0, 0.1) is 23.7 Å². The zero-order valence-corrected chi connectivity index (χ0v) is 18.6. The number of rotatable bonds is 4. The molecule has 142 valence electrons. The minimum Gasteiger partial charge on any atom is -0.356 e. The predicted octanol–water partition coefficient (Wildman–Crippen LogP) is 2.62. The summed E-state index contributed by atoms with van der Waals surface area (Å²) >= 11 is 0. The quantitative estimate of drug-likeness (QED) is 0.389. The maximum Gasteiger partial charge on any atom is 0.193 e. The molecule has 3 atom stereocenters. The second-order valence-electron chi connectivity index (χ2n) is 8.06. The summed E-state index contributed by atoms with van der Waals surface area (Å²) in [6.45, 7) is 12.5. The van der Waals surface area contributed by atoms with Crippen molar-refractivity contribution in [2.75, 3.05) is 37.7 Å². The van der Waals surface area contributed by atoms with E-state index in [1.54, 1.807) is 0 Å². The van der Waals surface area contributed by atoms with Crippen molar-refractivity contribution in [3.63, 3.8) is 0 Å². The molecule has 0 aromatic carbocycles. The average molecular weight is 471 g/mol. The van der Waals surface area contributed by atoms with Gasteiger partial charge in [0.1, 0.15) is 0 Å². The van der Waals surface area contributed by atoms with E-state index in [0.29, 0.717) is 29.3 Å². The number of piperidine rings is 1. The number of aliphatic imine (C=N–C) groups is 1. The van der Waals surface area contributed by atoms with Gasteiger partial charge in [-0.3, -0.25) is 4.99 Å². The number of likely N-dealkylation sites (tertiary alicyclic amines) is 1. The molecule has 2 heterocycles. The zero-order valence-electron chi connectivity index (χ0n) is 15.5. The van der Waals surface area contributed by atoms with Crippen molar-refractivity contribution in [3.05, 3.63) is 0 Å². The smallest absolute Gasteiger partial charge is 0.193 e. The molecule has 24 heavy (non-hydrogen) atoms. The Labute approximate surface area is 165 Å². The lowest BCUT2D eigenvalue weighted by molar-refractivity contribution is 0.207. The lowest BCUT2D eigenvalue weighted by Crippen LogP contribution is -2.49. The molecule has 7 heteroatoms. The molecular weight excluding hydrogens is 437 g/mol. The highest BCUT2D eigenvalue weighted by atomic mass is 127. The van der Waals surface area contributed by atoms with Crippen LogP contribution in [0.4, 0.5) is 0 Å². The van der Waals surface area contributed by atoms with Gasteiger partial charge in [0.15, 0.2) is 15.8 Å². The van der Waals surface area contributed by atoms with Crippen LogP contribution >= 0.6 is 24.0 Å². The Kier molecular flexibility index (Phi) is 8.79. The van der Waals surface area contributed by atoms with E-state index in [9.17, 15) is 8.42 Å². The molecule has 3 unspecified atom stereocenters. The van der Waals surface area contributed by atoms with Crippen LogP contribution in [-0.2, 0) is 9.84 Å². The van der Waals surface area contributed by atoms with E-state index in [1.807, 2.05) is 0 Å². The van der Waals surface area contributed by atoms with Gasteiger partial charge in [0, 0.05) is 26.2 Å². The minimum atomic E-state index is -2.80. The van der Waals surface area contributed by atoms with Gasteiger partial charge in [-0.05, 0) is 36.5 Å². The average Bonchev–Trinajstić information content (AvgIpc) is 2.77. The standard InChI is InChI=1S/C17H33N3O2S.HI/c1-13(2)8-18-17(20-10-14(3)7-15(4)11-20)19-9-16-5-6-23(21,22)12-16;/h13-16H,5-12H2,1-4H3,(H,18,19);1H. The summed E-state index contributed by atoms with van der Waals surface area (Å²) in [5, 5.41) is 3.48. The number of hydrogen-bond acceptors (Lipinski definition) is 3. The summed E-state index contributed by atoms with van der Waals surface area (Å²) < 4.78 is 23.2. The molecule has 0 aliphatic carbocycles. The molecule has 0 spiro atoms. The second-order valence-corrected chi connectivity index (χ2v) is 10.3. The first-order chi connectivity index (χ1) is 10.7. The van der Waals surface area contributed by atoms with E-state index in [4.69, 9.17) is 4.99 Å². The maximum absolute atomic E-state index is 11.6. The maximum atomic E-state index is 11.6. The van der Waals surface area contributed by atoms with Crippen LogP contribution in [0.3, 0.4) is 0 Å². The Balaban J connectivity index is 0.00000288. The second kappa shape index (κ2) is 9.59. The molecule has 2 aliphatic rings. The van der Waals surface area contributed by atoms with Gasteiger partial charge in [-0.2, -0.15) is 0 Å². The van der Waals surface area contributed by atoms with Gasteiger partial charge >= 0.3 is 0 Å². The Morgan fingerprint density at radius 3 is 2.38 bits per heavy atom. The third-order valence-electron chi connectivity index (χ3n) is 4.65. The Morgan fingerprint density at radius 1 is 1.25 bits per heavy atom. The molecule has 2 rings (SSSR count). The van der Waals surface area contributed by atoms with Crippen molar-refractivity contribution in [2.24, 2.45) is 28.7 Å². The molecule has 0 radical (unpaired) electrons. The Hall–Kier alpha value is -0.0500. The van der Waals surface area contributed by atoms with E-state index in [0.717, 1.165) is 38.6 Å². The molecule has 0 aromatic heterocycles. The van der Waals surface area contributed by atoms with Gasteiger partial charge in [-0.15, -0.1) is 24.0 Å². The van der Waals surface area contributed by atoms with Crippen LogP contribution in [-0.4, -0.2) is 57.0 Å². The first-order valence-corrected chi connectivity index (χ1v) is 10.8. The molecule has 0 amide bonds. The first-order valence-electron chi connectivity index (χ1n) is 8.99. The van der Waals surface area contributed by atoms with Gasteiger partial charge in [0.25, 0.3) is 0 Å². The fraction of sp³-hybridized carbons (Fsp3) is 0.941. The monoisotopic (exact) mass is 471 g/mol. The largest absolute Gasteiger partial charge is 0.356 e. The van der Waals surface area contributed by atoms with Crippen LogP contribution in [0.15, 0.2) is 4.99 Å². The van der Waals surface area contributed by atoms with Gasteiger partial charge in [-0.1, -0.05) is 27.7 Å². The molecule has 5 nitrogen and oxygen atoms in total. The molecule has 2 fully saturated rings. The summed E-state index contributed by atoms with van der Waals surface area (Å²) in [7, 11) is -2.80. The van der Waals surface area contributed by atoms with Crippen molar-refractivity contribution in [1.29, 1.82) is 0 Å². The van der Waals surface area contributed by atoms with E-state index in [-0.39, 0.29) is 29.9 Å². The fourth-order valence-corrected chi connectivity index (χ4v) is 5.50. The van der Waals surface area contributed by atoms with Crippen LogP contribution in [0.1, 0.15) is 40.5 Å². The zero-order chi connectivity index (χ0) is 17.0. The van der Waals surface area contributed by atoms with E-state index in [2.05, 4.69) is 37.9 Å². The topological polar surface area (TPSA) is 61.8 Å². The van der Waals surface area contributed by atoms with Crippen LogP contribution in [0.2, 0.25) is 0 Å². The Morgan fingerprint density at radius 2 is 1.88 bits per heavy atom. The van der Waals surface area contributed by atoms with Gasteiger partial charge in [0.2, 0.25) is 0 Å². The molecule has 0 bridgehead atoms. The molecular formula is C17H34IN3O2S. The number of halogens is 1. The lowest BCUT2D eigenvalue weighted by atomic mass is 9.92. The van der Waals surface area contributed by atoms with E-state index in [1.165, 1.54) is 6.42 Å². The van der Waals surface area contributed by atoms with Gasteiger partial charge < -0.3 is 10.2 Å². The normalized spacial score (nSPS) is 30.3. The van der Waals surface area contributed by atoms with Crippen LogP contribution in [0.25, 0.3) is 0 Å². The first kappa shape index (κ1) is 22.0. The molecule has 2 aliphatic heterocycles. The highest BCUT2D eigenvalue weighted by Gasteiger charge is 2.29. The number of nitrogens with one attached hydrogen (secondary N) is 1. The fourth-order valence-electron chi connectivity index (χ4n) is 3.64. The third kappa shape index (κ3) is 7.06. The Bertz CT molecular complexity index is 512. The minimum absolute atomic E-state index is 0. The lowest BCUT2D eigenvalue weighted by Gasteiger charge is -2.37. The summed E-state index contributed by atoms with van der Waals surface area (Å²) in [5.74, 6) is 3.75. The van der Waals surface area contributed by atoms with Crippen LogP contribution < -0.4 is 5.32 Å². The van der Waals surface area contributed by atoms with Gasteiger partial charge in [-0.25, -0.2) is 8.42 Å². The highest BCUT2D eigenvalue weighted by molar-refractivity contribution is 14.0.